The second-order valence-electron chi connectivity index (χ2n) is 5.79. The van der Waals surface area contributed by atoms with E-state index in [-0.39, 0.29) is 11.8 Å². The molecule has 0 spiro atoms. The van der Waals surface area contributed by atoms with Crippen LogP contribution in [0.25, 0.3) is 0 Å². The number of carbonyl (C=O) groups is 1. The molecule has 1 aliphatic rings. The van der Waals surface area contributed by atoms with E-state index in [2.05, 4.69) is 5.32 Å². The van der Waals surface area contributed by atoms with Gasteiger partial charge in [-0.05, 0) is 32.3 Å². The van der Waals surface area contributed by atoms with Crippen LogP contribution in [0.4, 0.5) is 0 Å². The molecule has 0 aliphatic heterocycles. The second-order valence-corrected chi connectivity index (χ2v) is 5.79. The minimum atomic E-state index is -0.679. The van der Waals surface area contributed by atoms with Crippen LogP contribution in [-0.2, 0) is 4.79 Å². The van der Waals surface area contributed by atoms with Gasteiger partial charge in [-0.1, -0.05) is 42.7 Å². The van der Waals surface area contributed by atoms with E-state index in [4.69, 9.17) is 0 Å². The van der Waals surface area contributed by atoms with Crippen molar-refractivity contribution in [3.8, 4) is 0 Å². The summed E-state index contributed by atoms with van der Waals surface area (Å²) in [4.78, 5) is 12.1. The molecule has 2 rings (SSSR count). The van der Waals surface area contributed by atoms with E-state index in [0.717, 1.165) is 36.8 Å². The van der Waals surface area contributed by atoms with Crippen LogP contribution in [0.3, 0.4) is 0 Å². The summed E-state index contributed by atoms with van der Waals surface area (Å²) in [5.74, 6) is -0.184. The normalized spacial score (nSPS) is 19.1. The first-order valence-electron chi connectivity index (χ1n) is 7.07. The Bertz CT molecular complexity index is 450. The molecule has 1 aliphatic carbocycles. The minimum absolute atomic E-state index is 0.00840. The number of hydrogen-bond donors (Lipinski definition) is 2. The molecule has 104 valence electrons. The lowest BCUT2D eigenvalue weighted by molar-refractivity contribution is -0.123. The van der Waals surface area contributed by atoms with Crippen molar-refractivity contribution in [3.63, 3.8) is 0 Å². The molecule has 19 heavy (non-hydrogen) atoms. The number of rotatable bonds is 4. The van der Waals surface area contributed by atoms with Crippen molar-refractivity contribution in [1.29, 1.82) is 0 Å². The fourth-order valence-corrected chi connectivity index (χ4v) is 2.71. The molecule has 1 unspecified atom stereocenters. The van der Waals surface area contributed by atoms with Crippen LogP contribution in [0.15, 0.2) is 24.3 Å². The summed E-state index contributed by atoms with van der Waals surface area (Å²) in [7, 11) is 0. The lowest BCUT2D eigenvalue weighted by Crippen LogP contribution is -2.42. The van der Waals surface area contributed by atoms with Crippen molar-refractivity contribution in [3.05, 3.63) is 35.4 Å². The van der Waals surface area contributed by atoms with E-state index in [1.54, 1.807) is 0 Å². The van der Waals surface area contributed by atoms with E-state index in [0.29, 0.717) is 6.54 Å². The molecule has 1 atom stereocenters. The third kappa shape index (κ3) is 3.57. The van der Waals surface area contributed by atoms with E-state index in [1.807, 2.05) is 38.1 Å². The van der Waals surface area contributed by atoms with Crippen molar-refractivity contribution in [2.45, 2.75) is 51.0 Å². The van der Waals surface area contributed by atoms with Crippen LogP contribution < -0.4 is 5.32 Å². The standard InChI is InChI=1S/C16H23NO2/c1-12-6-5-7-14(10-12)13(2)15(18)17-11-16(19)8-3-4-9-16/h5-7,10,13,19H,3-4,8-9,11H2,1-2H3,(H,17,18). The Morgan fingerprint density at radius 1 is 1.42 bits per heavy atom. The lowest BCUT2D eigenvalue weighted by atomic mass is 9.97. The average Bonchev–Trinajstić information content (AvgIpc) is 2.82. The molecule has 0 radical (unpaired) electrons. The molecule has 0 bridgehead atoms. The summed E-state index contributed by atoms with van der Waals surface area (Å²) >= 11 is 0. The largest absolute Gasteiger partial charge is 0.388 e. The molecular weight excluding hydrogens is 238 g/mol. The van der Waals surface area contributed by atoms with Gasteiger partial charge in [0.25, 0.3) is 0 Å². The van der Waals surface area contributed by atoms with Crippen LogP contribution in [0, 0.1) is 6.92 Å². The molecule has 2 N–H and O–H groups in total. The van der Waals surface area contributed by atoms with Gasteiger partial charge in [0.15, 0.2) is 0 Å². The number of aryl methyl sites for hydroxylation is 1. The fraction of sp³-hybridized carbons (Fsp3) is 0.562. The van der Waals surface area contributed by atoms with Crippen molar-refractivity contribution in [2.75, 3.05) is 6.54 Å². The number of aliphatic hydroxyl groups is 1. The topological polar surface area (TPSA) is 49.3 Å². The molecule has 3 heteroatoms. The van der Waals surface area contributed by atoms with Gasteiger partial charge in [-0.3, -0.25) is 4.79 Å². The highest BCUT2D eigenvalue weighted by Gasteiger charge is 2.31. The molecule has 0 saturated heterocycles. The highest BCUT2D eigenvalue weighted by Crippen LogP contribution is 2.28. The second kappa shape index (κ2) is 5.74. The van der Waals surface area contributed by atoms with E-state index >= 15 is 0 Å². The monoisotopic (exact) mass is 261 g/mol. The van der Waals surface area contributed by atoms with E-state index in [1.165, 1.54) is 0 Å². The number of benzene rings is 1. The van der Waals surface area contributed by atoms with Crippen molar-refractivity contribution < 1.29 is 9.90 Å². The quantitative estimate of drug-likeness (QED) is 0.875. The van der Waals surface area contributed by atoms with Gasteiger partial charge >= 0.3 is 0 Å². The molecule has 1 aromatic carbocycles. The van der Waals surface area contributed by atoms with Crippen molar-refractivity contribution in [1.82, 2.24) is 5.32 Å². The smallest absolute Gasteiger partial charge is 0.227 e. The molecule has 0 heterocycles. The van der Waals surface area contributed by atoms with Crippen molar-refractivity contribution in [2.24, 2.45) is 0 Å². The highest BCUT2D eigenvalue weighted by molar-refractivity contribution is 5.83. The van der Waals surface area contributed by atoms with E-state index in [9.17, 15) is 9.90 Å². The Balaban J connectivity index is 1.92. The predicted octanol–water partition coefficient (Wildman–Crippen LogP) is 2.52. The Morgan fingerprint density at radius 3 is 2.74 bits per heavy atom. The van der Waals surface area contributed by atoms with Crippen molar-refractivity contribution >= 4 is 5.91 Å². The van der Waals surface area contributed by atoms with Crippen LogP contribution in [-0.4, -0.2) is 23.2 Å². The van der Waals surface area contributed by atoms with Gasteiger partial charge in [-0.15, -0.1) is 0 Å². The Hall–Kier alpha value is -1.35. The summed E-state index contributed by atoms with van der Waals surface area (Å²) in [6.45, 7) is 4.31. The van der Waals surface area contributed by atoms with E-state index < -0.39 is 5.60 Å². The van der Waals surface area contributed by atoms with Gasteiger partial charge in [0.1, 0.15) is 0 Å². The summed E-state index contributed by atoms with van der Waals surface area (Å²) < 4.78 is 0. The average molecular weight is 261 g/mol. The SMILES string of the molecule is Cc1cccc(C(C)C(=O)NCC2(O)CCCC2)c1. The maximum absolute atomic E-state index is 12.1. The number of hydrogen-bond acceptors (Lipinski definition) is 2. The number of nitrogens with one attached hydrogen (secondary N) is 1. The van der Waals surface area contributed by atoms with Crippen LogP contribution >= 0.6 is 0 Å². The zero-order valence-electron chi connectivity index (χ0n) is 11.8. The van der Waals surface area contributed by atoms with Gasteiger partial charge < -0.3 is 10.4 Å². The summed E-state index contributed by atoms with van der Waals surface area (Å²) in [6, 6.07) is 8.00. The molecule has 0 aromatic heterocycles. The number of amides is 1. The highest BCUT2D eigenvalue weighted by atomic mass is 16.3. The van der Waals surface area contributed by atoms with Gasteiger partial charge in [-0.25, -0.2) is 0 Å². The molecule has 1 saturated carbocycles. The maximum atomic E-state index is 12.1. The number of carbonyl (C=O) groups excluding carboxylic acids is 1. The van der Waals surface area contributed by atoms with Gasteiger partial charge in [0.05, 0.1) is 11.5 Å². The van der Waals surface area contributed by atoms with Crippen LogP contribution in [0.2, 0.25) is 0 Å². The summed E-state index contributed by atoms with van der Waals surface area (Å²) in [5.41, 5.74) is 1.50. The minimum Gasteiger partial charge on any atom is -0.388 e. The Kier molecular flexibility index (Phi) is 4.25. The van der Waals surface area contributed by atoms with Gasteiger partial charge in [0, 0.05) is 6.54 Å². The summed E-state index contributed by atoms with van der Waals surface area (Å²) in [5, 5.41) is 13.1. The first-order valence-corrected chi connectivity index (χ1v) is 7.07. The third-order valence-corrected chi connectivity index (χ3v) is 4.06. The molecule has 1 fully saturated rings. The summed E-state index contributed by atoms with van der Waals surface area (Å²) in [6.07, 6.45) is 3.71. The maximum Gasteiger partial charge on any atom is 0.227 e. The third-order valence-electron chi connectivity index (χ3n) is 4.06. The lowest BCUT2D eigenvalue weighted by Gasteiger charge is -2.23. The predicted molar refractivity (Wildman–Crippen MR) is 76.0 cm³/mol. The molecular formula is C16H23NO2. The zero-order valence-corrected chi connectivity index (χ0v) is 11.8. The molecule has 1 aromatic rings. The zero-order chi connectivity index (χ0) is 13.9. The van der Waals surface area contributed by atoms with Gasteiger partial charge in [-0.2, -0.15) is 0 Å². The first kappa shape index (κ1) is 14.1. The first-order chi connectivity index (χ1) is 9.00. The van der Waals surface area contributed by atoms with Gasteiger partial charge in [0.2, 0.25) is 5.91 Å². The fourth-order valence-electron chi connectivity index (χ4n) is 2.71. The Labute approximate surface area is 115 Å². The van der Waals surface area contributed by atoms with Crippen LogP contribution in [0.1, 0.15) is 49.7 Å². The molecule has 1 amide bonds. The Morgan fingerprint density at radius 2 is 2.11 bits per heavy atom. The molecule has 3 nitrogen and oxygen atoms in total. The van der Waals surface area contributed by atoms with Crippen LogP contribution in [0.5, 0.6) is 0 Å².